The summed E-state index contributed by atoms with van der Waals surface area (Å²) in [5.41, 5.74) is 1.89. The minimum Gasteiger partial charge on any atom is -0.497 e. The summed E-state index contributed by atoms with van der Waals surface area (Å²) in [5, 5.41) is 3.00. The van der Waals surface area contributed by atoms with Gasteiger partial charge < -0.3 is 19.7 Å². The van der Waals surface area contributed by atoms with Crippen molar-refractivity contribution in [3.63, 3.8) is 0 Å². The second kappa shape index (κ2) is 9.99. The van der Waals surface area contributed by atoms with Crippen LogP contribution in [-0.2, 0) is 0 Å². The number of ether oxygens (including phenoxy) is 2. The van der Waals surface area contributed by atoms with E-state index in [1.165, 1.54) is 5.69 Å². The SMILES string of the molecule is CCOc1ccc(C(=O)NCCN2CCN(c3ccc(OC)cc3)CC2)cc1. The summed E-state index contributed by atoms with van der Waals surface area (Å²) < 4.78 is 10.6. The number of hydrogen-bond acceptors (Lipinski definition) is 5. The fraction of sp³-hybridized carbons (Fsp3) is 0.409. The molecule has 1 saturated heterocycles. The number of nitrogens with one attached hydrogen (secondary N) is 1. The summed E-state index contributed by atoms with van der Waals surface area (Å²) in [6.07, 6.45) is 0. The first-order chi connectivity index (χ1) is 13.7. The third kappa shape index (κ3) is 5.39. The van der Waals surface area contributed by atoms with Crippen molar-refractivity contribution in [2.75, 3.05) is 57.9 Å². The van der Waals surface area contributed by atoms with Gasteiger partial charge in [0.25, 0.3) is 5.91 Å². The molecule has 150 valence electrons. The van der Waals surface area contributed by atoms with Crippen LogP contribution in [0.3, 0.4) is 0 Å². The lowest BCUT2D eigenvalue weighted by Gasteiger charge is -2.36. The predicted molar refractivity (Wildman–Crippen MR) is 112 cm³/mol. The number of amides is 1. The Hall–Kier alpha value is -2.73. The van der Waals surface area contributed by atoms with Crippen LogP contribution in [-0.4, -0.2) is 63.8 Å². The summed E-state index contributed by atoms with van der Waals surface area (Å²) in [7, 11) is 1.68. The first-order valence-electron chi connectivity index (χ1n) is 9.82. The Morgan fingerprint density at radius 1 is 0.964 bits per heavy atom. The highest BCUT2D eigenvalue weighted by molar-refractivity contribution is 5.94. The van der Waals surface area contributed by atoms with Crippen LogP contribution in [0.1, 0.15) is 17.3 Å². The molecule has 0 aromatic heterocycles. The molecule has 1 heterocycles. The largest absolute Gasteiger partial charge is 0.497 e. The van der Waals surface area contributed by atoms with Crippen molar-refractivity contribution in [1.82, 2.24) is 10.2 Å². The first kappa shape index (κ1) is 20.0. The molecule has 1 fully saturated rings. The van der Waals surface area contributed by atoms with E-state index in [9.17, 15) is 4.79 Å². The van der Waals surface area contributed by atoms with Gasteiger partial charge in [0.05, 0.1) is 13.7 Å². The van der Waals surface area contributed by atoms with E-state index in [-0.39, 0.29) is 5.91 Å². The normalized spacial score (nSPS) is 14.6. The van der Waals surface area contributed by atoms with Gasteiger partial charge in [-0.05, 0) is 55.5 Å². The smallest absolute Gasteiger partial charge is 0.251 e. The Bertz CT molecular complexity index is 739. The molecule has 2 aromatic rings. The zero-order valence-corrected chi connectivity index (χ0v) is 16.7. The van der Waals surface area contributed by atoms with Gasteiger partial charge in [0.2, 0.25) is 0 Å². The predicted octanol–water partition coefficient (Wildman–Crippen LogP) is 2.65. The second-order valence-electron chi connectivity index (χ2n) is 6.74. The summed E-state index contributed by atoms with van der Waals surface area (Å²) in [6.45, 7) is 8.02. The highest BCUT2D eigenvalue weighted by atomic mass is 16.5. The Morgan fingerprint density at radius 2 is 1.61 bits per heavy atom. The Balaban J connectivity index is 1.38. The van der Waals surface area contributed by atoms with E-state index in [0.717, 1.165) is 44.2 Å². The van der Waals surface area contributed by atoms with Crippen LogP contribution in [0.5, 0.6) is 11.5 Å². The molecule has 3 rings (SSSR count). The minimum atomic E-state index is -0.0417. The molecule has 28 heavy (non-hydrogen) atoms. The summed E-state index contributed by atoms with van der Waals surface area (Å²) >= 11 is 0. The van der Waals surface area contributed by atoms with Crippen molar-refractivity contribution in [2.45, 2.75) is 6.92 Å². The molecule has 1 aliphatic rings. The lowest BCUT2D eigenvalue weighted by atomic mass is 10.2. The highest BCUT2D eigenvalue weighted by Crippen LogP contribution is 2.20. The molecule has 0 saturated carbocycles. The van der Waals surface area contributed by atoms with Gasteiger partial charge in [0.1, 0.15) is 11.5 Å². The number of rotatable bonds is 8. The summed E-state index contributed by atoms with van der Waals surface area (Å²) in [6, 6.07) is 15.5. The van der Waals surface area contributed by atoms with Crippen molar-refractivity contribution < 1.29 is 14.3 Å². The lowest BCUT2D eigenvalue weighted by molar-refractivity contribution is 0.0947. The van der Waals surface area contributed by atoms with Gasteiger partial charge >= 0.3 is 0 Å². The summed E-state index contributed by atoms with van der Waals surface area (Å²) in [4.78, 5) is 17.0. The maximum Gasteiger partial charge on any atom is 0.251 e. The van der Waals surface area contributed by atoms with Gasteiger partial charge in [-0.25, -0.2) is 0 Å². The number of anilines is 1. The van der Waals surface area contributed by atoms with E-state index in [0.29, 0.717) is 18.7 Å². The Kier molecular flexibility index (Phi) is 7.14. The van der Waals surface area contributed by atoms with Gasteiger partial charge in [-0.2, -0.15) is 0 Å². The monoisotopic (exact) mass is 383 g/mol. The number of nitrogens with zero attached hydrogens (tertiary/aromatic N) is 2. The van der Waals surface area contributed by atoms with Crippen molar-refractivity contribution in [1.29, 1.82) is 0 Å². The Labute approximate surface area is 167 Å². The molecule has 0 unspecified atom stereocenters. The van der Waals surface area contributed by atoms with Crippen LogP contribution in [0.2, 0.25) is 0 Å². The van der Waals surface area contributed by atoms with Crippen molar-refractivity contribution >= 4 is 11.6 Å². The molecule has 1 aliphatic heterocycles. The zero-order valence-electron chi connectivity index (χ0n) is 16.7. The number of piperazine rings is 1. The third-order valence-electron chi connectivity index (χ3n) is 4.95. The molecule has 0 aliphatic carbocycles. The Morgan fingerprint density at radius 3 is 2.21 bits per heavy atom. The molecule has 6 nitrogen and oxygen atoms in total. The van der Waals surface area contributed by atoms with E-state index in [2.05, 4.69) is 27.2 Å². The van der Waals surface area contributed by atoms with E-state index in [1.54, 1.807) is 19.2 Å². The fourth-order valence-electron chi connectivity index (χ4n) is 3.32. The van der Waals surface area contributed by atoms with Crippen LogP contribution < -0.4 is 19.7 Å². The molecular formula is C22H29N3O3. The maximum atomic E-state index is 12.3. The van der Waals surface area contributed by atoms with Crippen LogP contribution in [0.25, 0.3) is 0 Å². The molecule has 2 aromatic carbocycles. The summed E-state index contributed by atoms with van der Waals surface area (Å²) in [5.74, 6) is 1.62. The molecule has 0 spiro atoms. The molecule has 1 N–H and O–H groups in total. The van der Waals surface area contributed by atoms with E-state index >= 15 is 0 Å². The second-order valence-corrected chi connectivity index (χ2v) is 6.74. The first-order valence-corrected chi connectivity index (χ1v) is 9.82. The van der Waals surface area contributed by atoms with Crippen LogP contribution in [0, 0.1) is 0 Å². The van der Waals surface area contributed by atoms with Gasteiger partial charge in [0.15, 0.2) is 0 Å². The molecule has 0 atom stereocenters. The molecule has 1 amide bonds. The van der Waals surface area contributed by atoms with E-state index < -0.39 is 0 Å². The fourth-order valence-corrected chi connectivity index (χ4v) is 3.32. The average Bonchev–Trinajstić information content (AvgIpc) is 2.75. The van der Waals surface area contributed by atoms with Gasteiger partial charge in [-0.3, -0.25) is 9.69 Å². The third-order valence-corrected chi connectivity index (χ3v) is 4.95. The molecule has 6 heteroatoms. The van der Waals surface area contributed by atoms with Crippen molar-refractivity contribution in [3.8, 4) is 11.5 Å². The number of carbonyl (C=O) groups excluding carboxylic acids is 1. The van der Waals surface area contributed by atoms with Gasteiger partial charge in [-0.15, -0.1) is 0 Å². The highest BCUT2D eigenvalue weighted by Gasteiger charge is 2.17. The standard InChI is InChI=1S/C22H29N3O3/c1-3-28-21-8-4-18(5-9-21)22(26)23-12-13-24-14-16-25(17-15-24)19-6-10-20(27-2)11-7-19/h4-11H,3,12-17H2,1-2H3,(H,23,26). The minimum absolute atomic E-state index is 0.0417. The van der Waals surface area contributed by atoms with Gasteiger partial charge in [0, 0.05) is 50.5 Å². The quantitative estimate of drug-likeness (QED) is 0.760. The van der Waals surface area contributed by atoms with E-state index in [1.807, 2.05) is 31.2 Å². The topological polar surface area (TPSA) is 54.0 Å². The molecule has 0 bridgehead atoms. The number of benzene rings is 2. The van der Waals surface area contributed by atoms with Gasteiger partial charge in [-0.1, -0.05) is 0 Å². The van der Waals surface area contributed by atoms with Crippen LogP contribution in [0.4, 0.5) is 5.69 Å². The number of methoxy groups -OCH3 is 1. The number of hydrogen-bond donors (Lipinski definition) is 1. The number of carbonyl (C=O) groups is 1. The van der Waals surface area contributed by atoms with Crippen LogP contribution in [0.15, 0.2) is 48.5 Å². The van der Waals surface area contributed by atoms with Crippen molar-refractivity contribution in [3.05, 3.63) is 54.1 Å². The average molecular weight is 383 g/mol. The maximum absolute atomic E-state index is 12.3. The molecule has 0 radical (unpaired) electrons. The van der Waals surface area contributed by atoms with Crippen LogP contribution >= 0.6 is 0 Å². The van der Waals surface area contributed by atoms with E-state index in [4.69, 9.17) is 9.47 Å². The van der Waals surface area contributed by atoms with Crippen molar-refractivity contribution in [2.24, 2.45) is 0 Å². The molecular weight excluding hydrogens is 354 g/mol. The lowest BCUT2D eigenvalue weighted by Crippen LogP contribution is -2.48. The zero-order chi connectivity index (χ0) is 19.8.